The van der Waals surface area contributed by atoms with Gasteiger partial charge in [0.1, 0.15) is 12.0 Å². The van der Waals surface area contributed by atoms with E-state index >= 15 is 0 Å². The Morgan fingerprint density at radius 1 is 1.82 bits per heavy atom. The highest BCUT2D eigenvalue weighted by atomic mass is 19.1. The Balaban J connectivity index is 2.31. The predicted molar refractivity (Wildman–Crippen MR) is 58.2 cm³/mol. The number of anilines is 1. The summed E-state index contributed by atoms with van der Waals surface area (Å²) in [5.74, 6) is 0.151. The fourth-order valence-electron chi connectivity index (χ4n) is 1.75. The van der Waals surface area contributed by atoms with Crippen LogP contribution in [-0.4, -0.2) is 33.5 Å². The van der Waals surface area contributed by atoms with E-state index in [4.69, 9.17) is 15.6 Å². The van der Waals surface area contributed by atoms with Crippen LogP contribution < -0.4 is 11.4 Å². The van der Waals surface area contributed by atoms with Gasteiger partial charge in [-0.1, -0.05) is 0 Å². The smallest absolute Gasteiger partial charge is 0.351 e. The van der Waals surface area contributed by atoms with Gasteiger partial charge in [-0.2, -0.15) is 4.98 Å². The monoisotopic (exact) mass is 243 g/mol. The van der Waals surface area contributed by atoms with Gasteiger partial charge >= 0.3 is 5.69 Å². The molecule has 6 nitrogen and oxygen atoms in total. The number of aliphatic hydroxyl groups excluding tert-OH is 1. The van der Waals surface area contributed by atoms with Crippen LogP contribution in [0, 0.1) is 6.92 Å². The van der Waals surface area contributed by atoms with Crippen LogP contribution in [0.4, 0.5) is 10.2 Å². The lowest BCUT2D eigenvalue weighted by molar-refractivity contribution is 0.0273. The lowest BCUT2D eigenvalue weighted by Gasteiger charge is -2.15. The van der Waals surface area contributed by atoms with E-state index in [9.17, 15) is 9.18 Å². The van der Waals surface area contributed by atoms with Crippen LogP contribution in [0.3, 0.4) is 0 Å². The van der Waals surface area contributed by atoms with E-state index < -0.39 is 24.2 Å². The summed E-state index contributed by atoms with van der Waals surface area (Å²) >= 11 is 0. The molecule has 0 unspecified atom stereocenters. The number of halogens is 1. The molecule has 0 aliphatic carbocycles. The van der Waals surface area contributed by atoms with Gasteiger partial charge in [-0.25, -0.2) is 9.18 Å². The van der Waals surface area contributed by atoms with Crippen molar-refractivity contribution in [3.8, 4) is 0 Å². The fourth-order valence-corrected chi connectivity index (χ4v) is 1.75. The van der Waals surface area contributed by atoms with Crippen molar-refractivity contribution < 1.29 is 14.2 Å². The third-order valence-electron chi connectivity index (χ3n) is 2.84. The molecular weight excluding hydrogens is 229 g/mol. The van der Waals surface area contributed by atoms with Crippen LogP contribution in [0.2, 0.25) is 0 Å². The number of hydrogen-bond acceptors (Lipinski definition) is 5. The highest BCUT2D eigenvalue weighted by Crippen LogP contribution is 2.33. The molecule has 3 N–H and O–H groups in total. The molecule has 0 spiro atoms. The Labute approximate surface area is 96.8 Å². The number of alkyl halides is 1. The number of nitrogen functional groups attached to an aromatic ring is 1. The zero-order valence-electron chi connectivity index (χ0n) is 9.39. The Kier molecular flexibility index (Phi) is 2.88. The average molecular weight is 243 g/mol. The van der Waals surface area contributed by atoms with Crippen LogP contribution in [-0.2, 0) is 4.74 Å². The predicted octanol–water partition coefficient (Wildman–Crippen LogP) is -0.247. The van der Waals surface area contributed by atoms with Gasteiger partial charge in [0.05, 0.1) is 13.2 Å². The molecule has 7 heteroatoms. The molecular formula is C10H14FN3O3. The number of aryl methyl sites for hydroxylation is 1. The standard InChI is InChI=1S/C10H14FN3O3/c1-6-3-14(9(16)13-8(6)12)7-2-10(11,4-15)5-17-7/h3,7,15H,2,4-5H2,1H3,(H2,12,13,16)/t7-,10-/m0/s1. The molecule has 0 radical (unpaired) electrons. The largest absolute Gasteiger partial charge is 0.393 e. The first-order chi connectivity index (χ1) is 7.95. The summed E-state index contributed by atoms with van der Waals surface area (Å²) < 4.78 is 20.1. The van der Waals surface area contributed by atoms with Crippen molar-refractivity contribution in [2.45, 2.75) is 25.2 Å². The minimum absolute atomic E-state index is 0.0750. The normalized spacial score (nSPS) is 28.5. The van der Waals surface area contributed by atoms with Crippen molar-refractivity contribution in [3.63, 3.8) is 0 Å². The lowest BCUT2D eigenvalue weighted by Crippen LogP contribution is -2.30. The molecule has 0 amide bonds. The molecule has 94 valence electrons. The summed E-state index contributed by atoms with van der Waals surface area (Å²) in [6.07, 6.45) is 0.666. The summed E-state index contributed by atoms with van der Waals surface area (Å²) in [6, 6.07) is 0. The Bertz CT molecular complexity index is 490. The van der Waals surface area contributed by atoms with E-state index in [2.05, 4.69) is 4.98 Å². The maximum atomic E-state index is 13.8. The van der Waals surface area contributed by atoms with Gasteiger partial charge in [-0.15, -0.1) is 0 Å². The van der Waals surface area contributed by atoms with Crippen LogP contribution in [0.15, 0.2) is 11.0 Å². The van der Waals surface area contributed by atoms with Crippen molar-refractivity contribution in [2.75, 3.05) is 18.9 Å². The van der Waals surface area contributed by atoms with Gasteiger partial charge < -0.3 is 15.6 Å². The van der Waals surface area contributed by atoms with Gasteiger partial charge in [-0.05, 0) is 6.92 Å². The molecule has 0 saturated carbocycles. The second-order valence-electron chi connectivity index (χ2n) is 4.28. The molecule has 1 aliphatic heterocycles. The molecule has 0 bridgehead atoms. The number of nitrogens with two attached hydrogens (primary N) is 1. The number of hydrogen-bond donors (Lipinski definition) is 2. The lowest BCUT2D eigenvalue weighted by atomic mass is 10.1. The van der Waals surface area contributed by atoms with Crippen LogP contribution in [0.25, 0.3) is 0 Å². The van der Waals surface area contributed by atoms with E-state index in [0.717, 1.165) is 0 Å². The molecule has 17 heavy (non-hydrogen) atoms. The third kappa shape index (κ3) is 2.16. The second kappa shape index (κ2) is 4.08. The summed E-state index contributed by atoms with van der Waals surface area (Å²) in [5, 5.41) is 8.88. The van der Waals surface area contributed by atoms with Gasteiger partial charge in [0.25, 0.3) is 0 Å². The van der Waals surface area contributed by atoms with Crippen molar-refractivity contribution in [3.05, 3.63) is 22.2 Å². The molecule has 1 saturated heterocycles. The Hall–Kier alpha value is -1.47. The molecule has 2 heterocycles. The number of ether oxygens (including phenoxy) is 1. The first-order valence-corrected chi connectivity index (χ1v) is 5.22. The van der Waals surface area contributed by atoms with Gasteiger partial charge in [0.2, 0.25) is 0 Å². The fraction of sp³-hybridized carbons (Fsp3) is 0.600. The quantitative estimate of drug-likeness (QED) is 0.747. The minimum Gasteiger partial charge on any atom is -0.393 e. The van der Waals surface area contributed by atoms with Gasteiger partial charge in [0, 0.05) is 18.2 Å². The van der Waals surface area contributed by atoms with Gasteiger partial charge in [0.15, 0.2) is 5.67 Å². The molecule has 0 aromatic carbocycles. The maximum absolute atomic E-state index is 13.8. The van der Waals surface area contributed by atoms with E-state index in [1.807, 2.05) is 0 Å². The molecule has 1 aromatic rings. The van der Waals surface area contributed by atoms with E-state index in [1.165, 1.54) is 10.8 Å². The number of aliphatic hydroxyl groups is 1. The van der Waals surface area contributed by atoms with Crippen molar-refractivity contribution in [1.82, 2.24) is 9.55 Å². The maximum Gasteiger partial charge on any atom is 0.351 e. The SMILES string of the molecule is Cc1cn([C@@H]2C[C@](F)(CO)CO2)c(=O)nc1N. The Morgan fingerprint density at radius 2 is 2.53 bits per heavy atom. The third-order valence-corrected chi connectivity index (χ3v) is 2.84. The highest BCUT2D eigenvalue weighted by Gasteiger charge is 2.41. The molecule has 1 aromatic heterocycles. The summed E-state index contributed by atoms with van der Waals surface area (Å²) in [7, 11) is 0. The average Bonchev–Trinajstić information content (AvgIpc) is 2.67. The van der Waals surface area contributed by atoms with E-state index in [1.54, 1.807) is 6.92 Å². The summed E-state index contributed by atoms with van der Waals surface area (Å²) in [6.45, 7) is 0.839. The minimum atomic E-state index is -1.79. The number of nitrogens with zero attached hydrogens (tertiary/aromatic N) is 2. The number of aromatic nitrogens is 2. The van der Waals surface area contributed by atoms with Crippen molar-refractivity contribution in [2.24, 2.45) is 0 Å². The van der Waals surface area contributed by atoms with Crippen LogP contribution in [0.5, 0.6) is 0 Å². The molecule has 2 rings (SSSR count). The first-order valence-electron chi connectivity index (χ1n) is 5.22. The summed E-state index contributed by atoms with van der Waals surface area (Å²) in [4.78, 5) is 15.2. The molecule has 2 atom stereocenters. The van der Waals surface area contributed by atoms with Crippen LogP contribution in [0.1, 0.15) is 18.2 Å². The molecule has 1 fully saturated rings. The van der Waals surface area contributed by atoms with Crippen molar-refractivity contribution in [1.29, 1.82) is 0 Å². The first kappa shape index (κ1) is 12.0. The van der Waals surface area contributed by atoms with E-state index in [-0.39, 0.29) is 18.8 Å². The highest BCUT2D eigenvalue weighted by molar-refractivity contribution is 5.35. The topological polar surface area (TPSA) is 90.4 Å². The Morgan fingerprint density at radius 3 is 3.12 bits per heavy atom. The zero-order chi connectivity index (χ0) is 12.6. The second-order valence-corrected chi connectivity index (χ2v) is 4.28. The zero-order valence-corrected chi connectivity index (χ0v) is 9.39. The summed E-state index contributed by atoms with van der Waals surface area (Å²) in [5.41, 5.74) is 3.73. The van der Waals surface area contributed by atoms with Gasteiger partial charge in [-0.3, -0.25) is 4.57 Å². The van der Waals surface area contributed by atoms with Crippen LogP contribution >= 0.6 is 0 Å². The molecule has 1 aliphatic rings. The van der Waals surface area contributed by atoms with Crippen molar-refractivity contribution >= 4 is 5.82 Å². The van der Waals surface area contributed by atoms with E-state index in [0.29, 0.717) is 5.56 Å². The number of rotatable bonds is 2.